The topological polar surface area (TPSA) is 84.9 Å². The zero-order valence-electron chi connectivity index (χ0n) is 11.5. The molecule has 0 bridgehead atoms. The Bertz CT molecular complexity index is 548. The first-order chi connectivity index (χ1) is 10.0. The number of halogens is 1. The van der Waals surface area contributed by atoms with Gasteiger partial charge in [0.2, 0.25) is 0 Å². The van der Waals surface area contributed by atoms with Gasteiger partial charge in [0.1, 0.15) is 17.7 Å². The Morgan fingerprint density at radius 3 is 2.76 bits per heavy atom. The van der Waals surface area contributed by atoms with Gasteiger partial charge in [-0.1, -0.05) is 0 Å². The molecular formula is C14H16FNO5. The van der Waals surface area contributed by atoms with Crippen molar-refractivity contribution in [1.29, 1.82) is 0 Å². The van der Waals surface area contributed by atoms with E-state index in [0.717, 1.165) is 0 Å². The molecule has 0 spiro atoms. The molecule has 1 heterocycles. The van der Waals surface area contributed by atoms with Gasteiger partial charge in [0.15, 0.2) is 6.10 Å². The highest BCUT2D eigenvalue weighted by Gasteiger charge is 2.34. The summed E-state index contributed by atoms with van der Waals surface area (Å²) >= 11 is 0. The third-order valence-corrected chi connectivity index (χ3v) is 3.09. The summed E-state index contributed by atoms with van der Waals surface area (Å²) < 4.78 is 23.6. The smallest absolute Gasteiger partial charge is 0.332 e. The molecular weight excluding hydrogens is 281 g/mol. The van der Waals surface area contributed by atoms with Gasteiger partial charge in [0, 0.05) is 6.07 Å². The summed E-state index contributed by atoms with van der Waals surface area (Å²) in [5.74, 6) is -1.80. The van der Waals surface area contributed by atoms with Gasteiger partial charge in [0.25, 0.3) is 5.91 Å². The van der Waals surface area contributed by atoms with Crippen molar-refractivity contribution in [2.24, 2.45) is 0 Å². The van der Waals surface area contributed by atoms with Gasteiger partial charge < -0.3 is 19.9 Å². The summed E-state index contributed by atoms with van der Waals surface area (Å²) in [4.78, 5) is 22.8. The molecule has 21 heavy (non-hydrogen) atoms. The molecule has 1 aromatic carbocycles. The molecule has 1 aliphatic heterocycles. The number of ether oxygens (including phenoxy) is 2. The van der Waals surface area contributed by atoms with Gasteiger partial charge >= 0.3 is 5.97 Å². The second-order valence-electron chi connectivity index (χ2n) is 4.59. The van der Waals surface area contributed by atoms with E-state index in [-0.39, 0.29) is 12.2 Å². The molecule has 1 fully saturated rings. The van der Waals surface area contributed by atoms with Crippen LogP contribution >= 0.6 is 0 Å². The van der Waals surface area contributed by atoms with Crippen LogP contribution in [0.4, 0.5) is 10.1 Å². The summed E-state index contributed by atoms with van der Waals surface area (Å²) in [7, 11) is 0. The molecule has 1 aromatic rings. The number of benzene rings is 1. The molecule has 2 rings (SSSR count). The highest BCUT2D eigenvalue weighted by molar-refractivity contribution is 5.96. The minimum atomic E-state index is -1.08. The molecule has 1 saturated heterocycles. The maximum Gasteiger partial charge on any atom is 0.332 e. The van der Waals surface area contributed by atoms with Crippen molar-refractivity contribution in [2.45, 2.75) is 32.0 Å². The first-order valence-electron chi connectivity index (χ1n) is 6.62. The zero-order valence-corrected chi connectivity index (χ0v) is 11.5. The number of carboxylic acids is 1. The van der Waals surface area contributed by atoms with E-state index in [1.165, 1.54) is 18.2 Å². The van der Waals surface area contributed by atoms with Crippen molar-refractivity contribution in [3.63, 3.8) is 0 Å². The number of carbonyl (C=O) groups excluding carboxylic acids is 1. The quantitative estimate of drug-likeness (QED) is 0.865. The monoisotopic (exact) mass is 297 g/mol. The highest BCUT2D eigenvalue weighted by atomic mass is 19.1. The summed E-state index contributed by atoms with van der Waals surface area (Å²) in [6, 6.07) is 3.77. The van der Waals surface area contributed by atoms with E-state index < -0.39 is 29.9 Å². The van der Waals surface area contributed by atoms with Crippen LogP contribution in [0.1, 0.15) is 19.8 Å². The van der Waals surface area contributed by atoms with Crippen LogP contribution in [0.3, 0.4) is 0 Å². The molecule has 0 saturated carbocycles. The van der Waals surface area contributed by atoms with Gasteiger partial charge in [-0.2, -0.15) is 0 Å². The number of anilines is 1. The van der Waals surface area contributed by atoms with Crippen LogP contribution in [-0.2, 0) is 14.3 Å². The molecule has 6 nitrogen and oxygen atoms in total. The Labute approximate surface area is 120 Å². The van der Waals surface area contributed by atoms with E-state index in [2.05, 4.69) is 5.32 Å². The van der Waals surface area contributed by atoms with Crippen molar-refractivity contribution < 1.29 is 28.6 Å². The van der Waals surface area contributed by atoms with Crippen LogP contribution in [0.5, 0.6) is 5.75 Å². The molecule has 0 unspecified atom stereocenters. The van der Waals surface area contributed by atoms with Crippen LogP contribution in [0, 0.1) is 5.82 Å². The number of carbonyl (C=O) groups is 2. The van der Waals surface area contributed by atoms with Crippen LogP contribution in [-0.4, -0.2) is 35.8 Å². The standard InChI is InChI=1S/C14H16FNO5/c1-2-20-12-7-8(15)3-4-9(12)16-13(17)10-5-6-11(21-10)14(18)19/h3-4,7,10-11H,2,5-6H2,1H3,(H,16,17)(H,18,19)/t10-,11+/m0/s1. The number of nitrogens with one attached hydrogen (secondary N) is 1. The van der Waals surface area contributed by atoms with Crippen molar-refractivity contribution in [2.75, 3.05) is 11.9 Å². The third-order valence-electron chi connectivity index (χ3n) is 3.09. The maximum atomic E-state index is 13.2. The molecule has 7 heteroatoms. The van der Waals surface area contributed by atoms with Crippen LogP contribution in [0.25, 0.3) is 0 Å². The number of hydrogen-bond acceptors (Lipinski definition) is 4. The van der Waals surface area contributed by atoms with Crippen LogP contribution in [0.2, 0.25) is 0 Å². The predicted octanol–water partition coefficient (Wildman–Crippen LogP) is 1.80. The average Bonchev–Trinajstić information content (AvgIpc) is 2.92. The van der Waals surface area contributed by atoms with Crippen molar-refractivity contribution in [1.82, 2.24) is 0 Å². The van der Waals surface area contributed by atoms with Gasteiger partial charge in [-0.05, 0) is 31.9 Å². The van der Waals surface area contributed by atoms with Crippen molar-refractivity contribution >= 4 is 17.6 Å². The molecule has 0 radical (unpaired) electrons. The van der Waals surface area contributed by atoms with E-state index >= 15 is 0 Å². The number of aliphatic carboxylic acids is 1. The summed E-state index contributed by atoms with van der Waals surface area (Å²) in [5.41, 5.74) is 0.325. The first kappa shape index (κ1) is 15.2. The van der Waals surface area contributed by atoms with Gasteiger partial charge in [-0.15, -0.1) is 0 Å². The van der Waals surface area contributed by atoms with Gasteiger partial charge in [-0.25, -0.2) is 9.18 Å². The molecule has 1 aliphatic rings. The Balaban J connectivity index is 2.05. The van der Waals surface area contributed by atoms with E-state index in [9.17, 15) is 14.0 Å². The van der Waals surface area contributed by atoms with E-state index in [0.29, 0.717) is 18.7 Å². The summed E-state index contributed by atoms with van der Waals surface area (Å²) in [6.07, 6.45) is -1.17. The van der Waals surface area contributed by atoms with E-state index in [4.69, 9.17) is 14.6 Å². The molecule has 2 atom stereocenters. The SMILES string of the molecule is CCOc1cc(F)ccc1NC(=O)[C@@H]1CC[C@H](C(=O)O)O1. The Kier molecular flexibility index (Phi) is 4.74. The minimum absolute atomic E-state index is 0.221. The molecule has 1 amide bonds. The average molecular weight is 297 g/mol. The lowest BCUT2D eigenvalue weighted by Crippen LogP contribution is -2.30. The lowest BCUT2D eigenvalue weighted by molar-refractivity contribution is -0.150. The molecule has 0 aromatic heterocycles. The number of carboxylic acid groups (broad SMARTS) is 1. The summed E-state index contributed by atoms with van der Waals surface area (Å²) in [5, 5.41) is 11.4. The normalized spacial score (nSPS) is 21.0. The second-order valence-corrected chi connectivity index (χ2v) is 4.59. The van der Waals surface area contributed by atoms with Crippen molar-refractivity contribution in [3.8, 4) is 5.75 Å². The molecule has 0 aliphatic carbocycles. The Morgan fingerprint density at radius 1 is 1.43 bits per heavy atom. The minimum Gasteiger partial charge on any atom is -0.492 e. The maximum absolute atomic E-state index is 13.2. The fourth-order valence-electron chi connectivity index (χ4n) is 2.10. The van der Waals surface area contributed by atoms with Crippen molar-refractivity contribution in [3.05, 3.63) is 24.0 Å². The largest absolute Gasteiger partial charge is 0.492 e. The highest BCUT2D eigenvalue weighted by Crippen LogP contribution is 2.27. The number of rotatable bonds is 5. The number of amides is 1. The second kappa shape index (κ2) is 6.53. The Morgan fingerprint density at radius 2 is 2.14 bits per heavy atom. The first-order valence-corrected chi connectivity index (χ1v) is 6.62. The van der Waals surface area contributed by atoms with Crippen LogP contribution < -0.4 is 10.1 Å². The fraction of sp³-hybridized carbons (Fsp3) is 0.429. The van der Waals surface area contributed by atoms with Gasteiger partial charge in [-0.3, -0.25) is 4.79 Å². The van der Waals surface area contributed by atoms with E-state index in [1.807, 2.05) is 0 Å². The molecule has 2 N–H and O–H groups in total. The predicted molar refractivity (Wildman–Crippen MR) is 71.7 cm³/mol. The third kappa shape index (κ3) is 3.69. The fourth-order valence-corrected chi connectivity index (χ4v) is 2.10. The number of hydrogen-bond donors (Lipinski definition) is 2. The Hall–Kier alpha value is -2.15. The lowest BCUT2D eigenvalue weighted by Gasteiger charge is -2.14. The zero-order chi connectivity index (χ0) is 15.4. The van der Waals surface area contributed by atoms with Crippen LogP contribution in [0.15, 0.2) is 18.2 Å². The van der Waals surface area contributed by atoms with Gasteiger partial charge in [0.05, 0.1) is 12.3 Å². The molecule has 114 valence electrons. The lowest BCUT2D eigenvalue weighted by atomic mass is 10.2. The summed E-state index contributed by atoms with van der Waals surface area (Å²) in [6.45, 7) is 2.07. The van der Waals surface area contributed by atoms with E-state index in [1.54, 1.807) is 6.92 Å².